The van der Waals surface area contributed by atoms with E-state index < -0.39 is 11.8 Å². The van der Waals surface area contributed by atoms with Gasteiger partial charge < -0.3 is 10.2 Å². The summed E-state index contributed by atoms with van der Waals surface area (Å²) in [7, 11) is 1.65. The number of nitrogens with one attached hydrogen (secondary N) is 1. The van der Waals surface area contributed by atoms with Crippen LogP contribution in [-0.2, 0) is 9.59 Å². The van der Waals surface area contributed by atoms with Gasteiger partial charge in [-0.3, -0.25) is 9.59 Å². The van der Waals surface area contributed by atoms with Crippen molar-refractivity contribution in [3.8, 4) is 0 Å². The molecule has 0 aliphatic rings. The van der Waals surface area contributed by atoms with E-state index in [4.69, 9.17) is 0 Å². The third kappa shape index (κ3) is 4.95. The van der Waals surface area contributed by atoms with Crippen LogP contribution in [-0.4, -0.2) is 36.6 Å². The first-order valence-electron chi connectivity index (χ1n) is 6.29. The summed E-state index contributed by atoms with van der Waals surface area (Å²) < 4.78 is 0. The molecule has 0 unspecified atom stereocenters. The smallest absolute Gasteiger partial charge is 0.313 e. The maximum absolute atomic E-state index is 11.8. The maximum Gasteiger partial charge on any atom is 0.313 e. The Bertz CT molecular complexity index is 449. The molecule has 0 aliphatic carbocycles. The highest BCUT2D eigenvalue weighted by atomic mass is 32.2. The zero-order valence-corrected chi connectivity index (χ0v) is 12.4. The fourth-order valence-corrected chi connectivity index (χ4v) is 2.02. The summed E-state index contributed by atoms with van der Waals surface area (Å²) in [6, 6.07) is 7.43. The Morgan fingerprint density at radius 3 is 2.74 bits per heavy atom. The van der Waals surface area contributed by atoms with Gasteiger partial charge in [-0.05, 0) is 30.9 Å². The SMILES string of the molecule is CCCCN(C)C(=O)C(=O)Nc1cccc(SC)c1. The minimum absolute atomic E-state index is 0.497. The number of rotatable bonds is 5. The Balaban J connectivity index is 2.60. The minimum atomic E-state index is -0.586. The highest BCUT2D eigenvalue weighted by Gasteiger charge is 2.18. The van der Waals surface area contributed by atoms with Crippen LogP contribution in [0, 0.1) is 0 Å². The van der Waals surface area contributed by atoms with E-state index in [0.29, 0.717) is 12.2 Å². The first-order chi connectivity index (χ1) is 9.08. The number of likely N-dealkylation sites (N-methyl/N-ethyl adjacent to an activating group) is 1. The molecular formula is C14H20N2O2S. The molecular weight excluding hydrogens is 260 g/mol. The average molecular weight is 280 g/mol. The van der Waals surface area contributed by atoms with Crippen molar-refractivity contribution in [3.05, 3.63) is 24.3 Å². The highest BCUT2D eigenvalue weighted by molar-refractivity contribution is 7.98. The van der Waals surface area contributed by atoms with E-state index >= 15 is 0 Å². The van der Waals surface area contributed by atoms with Crippen LogP contribution in [0.2, 0.25) is 0 Å². The van der Waals surface area contributed by atoms with Crippen molar-refractivity contribution in [2.24, 2.45) is 0 Å². The molecule has 0 saturated heterocycles. The molecule has 1 aromatic rings. The molecule has 4 nitrogen and oxygen atoms in total. The third-order valence-electron chi connectivity index (χ3n) is 2.72. The summed E-state index contributed by atoms with van der Waals surface area (Å²) in [4.78, 5) is 26.1. The molecule has 0 bridgehead atoms. The summed E-state index contributed by atoms with van der Waals surface area (Å²) in [5.41, 5.74) is 0.647. The molecule has 0 aliphatic heterocycles. The number of amides is 2. The van der Waals surface area contributed by atoms with Crippen LogP contribution in [0.1, 0.15) is 19.8 Å². The van der Waals surface area contributed by atoms with Crippen molar-refractivity contribution in [2.75, 3.05) is 25.2 Å². The van der Waals surface area contributed by atoms with Crippen LogP contribution >= 0.6 is 11.8 Å². The summed E-state index contributed by atoms with van der Waals surface area (Å²) >= 11 is 1.59. The second kappa shape index (κ2) is 7.84. The molecule has 2 amide bonds. The quantitative estimate of drug-likeness (QED) is 0.666. The van der Waals surface area contributed by atoms with Crippen LogP contribution in [0.5, 0.6) is 0 Å². The molecule has 0 spiro atoms. The number of hydrogen-bond donors (Lipinski definition) is 1. The molecule has 1 rings (SSSR count). The second-order valence-corrected chi connectivity index (χ2v) is 5.15. The van der Waals surface area contributed by atoms with E-state index in [0.717, 1.165) is 17.7 Å². The van der Waals surface area contributed by atoms with Gasteiger partial charge in [0.1, 0.15) is 0 Å². The Labute approximate surface area is 118 Å². The molecule has 0 heterocycles. The lowest BCUT2D eigenvalue weighted by molar-refractivity contribution is -0.142. The van der Waals surface area contributed by atoms with E-state index in [1.807, 2.05) is 31.4 Å². The van der Waals surface area contributed by atoms with E-state index in [1.165, 1.54) is 4.90 Å². The Kier molecular flexibility index (Phi) is 6.42. The van der Waals surface area contributed by atoms with Crippen molar-refractivity contribution in [2.45, 2.75) is 24.7 Å². The standard InChI is InChI=1S/C14H20N2O2S/c1-4-5-9-16(2)14(18)13(17)15-11-7-6-8-12(10-11)19-3/h6-8,10H,4-5,9H2,1-3H3,(H,15,17). The molecule has 104 valence electrons. The normalized spacial score (nSPS) is 10.1. The van der Waals surface area contributed by atoms with E-state index in [2.05, 4.69) is 5.32 Å². The number of thioether (sulfide) groups is 1. The fourth-order valence-electron chi connectivity index (χ4n) is 1.56. The molecule has 0 saturated carbocycles. The lowest BCUT2D eigenvalue weighted by atomic mass is 10.3. The number of hydrogen-bond acceptors (Lipinski definition) is 3. The Morgan fingerprint density at radius 2 is 2.11 bits per heavy atom. The summed E-state index contributed by atoms with van der Waals surface area (Å²) in [5, 5.41) is 2.63. The largest absolute Gasteiger partial charge is 0.338 e. The lowest BCUT2D eigenvalue weighted by Crippen LogP contribution is -2.37. The number of anilines is 1. The van der Waals surface area contributed by atoms with Gasteiger partial charge in [0.25, 0.3) is 0 Å². The van der Waals surface area contributed by atoms with Crippen molar-refractivity contribution in [1.82, 2.24) is 4.90 Å². The zero-order chi connectivity index (χ0) is 14.3. The number of carbonyl (C=O) groups excluding carboxylic acids is 2. The van der Waals surface area contributed by atoms with Gasteiger partial charge >= 0.3 is 11.8 Å². The lowest BCUT2D eigenvalue weighted by Gasteiger charge is -2.16. The van der Waals surface area contributed by atoms with Gasteiger partial charge in [-0.25, -0.2) is 0 Å². The number of carbonyl (C=O) groups is 2. The average Bonchev–Trinajstić information content (AvgIpc) is 2.43. The minimum Gasteiger partial charge on any atom is -0.338 e. The van der Waals surface area contributed by atoms with Gasteiger partial charge in [-0.2, -0.15) is 0 Å². The molecule has 5 heteroatoms. The van der Waals surface area contributed by atoms with Crippen LogP contribution < -0.4 is 5.32 Å². The Morgan fingerprint density at radius 1 is 1.37 bits per heavy atom. The van der Waals surface area contributed by atoms with Gasteiger partial charge in [0.05, 0.1) is 0 Å². The second-order valence-electron chi connectivity index (χ2n) is 4.27. The van der Waals surface area contributed by atoms with Crippen molar-refractivity contribution in [1.29, 1.82) is 0 Å². The first-order valence-corrected chi connectivity index (χ1v) is 7.51. The summed E-state index contributed by atoms with van der Waals surface area (Å²) in [6.45, 7) is 2.65. The zero-order valence-electron chi connectivity index (χ0n) is 11.6. The predicted molar refractivity (Wildman–Crippen MR) is 79.4 cm³/mol. The molecule has 0 radical (unpaired) electrons. The van der Waals surface area contributed by atoms with Crippen molar-refractivity contribution in [3.63, 3.8) is 0 Å². The van der Waals surface area contributed by atoms with Gasteiger partial charge in [0.15, 0.2) is 0 Å². The number of benzene rings is 1. The third-order valence-corrected chi connectivity index (χ3v) is 3.44. The Hall–Kier alpha value is -1.49. The van der Waals surface area contributed by atoms with Crippen LogP contribution in [0.3, 0.4) is 0 Å². The van der Waals surface area contributed by atoms with E-state index in [9.17, 15) is 9.59 Å². The van der Waals surface area contributed by atoms with Crippen molar-refractivity contribution >= 4 is 29.3 Å². The molecule has 1 aromatic carbocycles. The van der Waals surface area contributed by atoms with Crippen LogP contribution in [0.15, 0.2) is 29.2 Å². The summed E-state index contributed by atoms with van der Waals surface area (Å²) in [5.74, 6) is -1.08. The fraction of sp³-hybridized carbons (Fsp3) is 0.429. The van der Waals surface area contributed by atoms with Gasteiger partial charge in [0.2, 0.25) is 0 Å². The molecule has 1 N–H and O–H groups in total. The highest BCUT2D eigenvalue weighted by Crippen LogP contribution is 2.18. The van der Waals surface area contributed by atoms with Gasteiger partial charge in [-0.1, -0.05) is 19.4 Å². The number of nitrogens with zero attached hydrogens (tertiary/aromatic N) is 1. The molecule has 0 aromatic heterocycles. The van der Waals surface area contributed by atoms with Crippen LogP contribution in [0.25, 0.3) is 0 Å². The number of unbranched alkanes of at least 4 members (excludes halogenated alkanes) is 1. The van der Waals surface area contributed by atoms with Crippen molar-refractivity contribution < 1.29 is 9.59 Å². The topological polar surface area (TPSA) is 49.4 Å². The van der Waals surface area contributed by atoms with Gasteiger partial charge in [0, 0.05) is 24.2 Å². The molecule has 0 atom stereocenters. The van der Waals surface area contributed by atoms with E-state index in [1.54, 1.807) is 24.9 Å². The van der Waals surface area contributed by atoms with Gasteiger partial charge in [-0.15, -0.1) is 11.8 Å². The monoisotopic (exact) mass is 280 g/mol. The summed E-state index contributed by atoms with van der Waals surface area (Å²) in [6.07, 6.45) is 3.86. The maximum atomic E-state index is 11.8. The van der Waals surface area contributed by atoms with E-state index in [-0.39, 0.29) is 0 Å². The first kappa shape index (κ1) is 15.6. The molecule has 0 fully saturated rings. The molecule has 19 heavy (non-hydrogen) atoms. The predicted octanol–water partition coefficient (Wildman–Crippen LogP) is 2.61. The van der Waals surface area contributed by atoms with Crippen LogP contribution in [0.4, 0.5) is 5.69 Å².